The largest absolute Gasteiger partial charge is 0.392 e. The molecule has 0 aliphatic rings. The molecular formula is C9H21N3O2S2. The molecule has 0 aromatic carbocycles. The molecule has 0 spiro atoms. The van der Waals surface area contributed by atoms with Gasteiger partial charge in [0.15, 0.2) is 0 Å². The van der Waals surface area contributed by atoms with E-state index in [2.05, 4.69) is 4.72 Å². The van der Waals surface area contributed by atoms with E-state index in [-0.39, 0.29) is 4.99 Å². The number of nitrogens with one attached hydrogen (secondary N) is 1. The fourth-order valence-electron chi connectivity index (χ4n) is 1.21. The average Bonchev–Trinajstić information content (AvgIpc) is 2.16. The predicted molar refractivity (Wildman–Crippen MR) is 71.0 cm³/mol. The maximum absolute atomic E-state index is 11.8. The Morgan fingerprint density at radius 3 is 2.44 bits per heavy atom. The smallest absolute Gasteiger partial charge is 0.221 e. The van der Waals surface area contributed by atoms with E-state index in [0.29, 0.717) is 19.5 Å². The summed E-state index contributed by atoms with van der Waals surface area (Å²) in [6, 6.07) is 0. The second-order valence-corrected chi connectivity index (χ2v) is 6.05. The van der Waals surface area contributed by atoms with Crippen molar-refractivity contribution in [3.05, 3.63) is 0 Å². The van der Waals surface area contributed by atoms with Gasteiger partial charge in [0.1, 0.15) is 5.25 Å². The predicted octanol–water partition coefficient (Wildman–Crippen LogP) is -0.0778. The van der Waals surface area contributed by atoms with Gasteiger partial charge in [-0.3, -0.25) is 0 Å². The summed E-state index contributed by atoms with van der Waals surface area (Å²) in [5, 5.41) is -0.769. The van der Waals surface area contributed by atoms with Crippen LogP contribution in [0.5, 0.6) is 0 Å². The highest BCUT2D eigenvalue weighted by Crippen LogP contribution is 2.04. The molecule has 0 rings (SSSR count). The number of nitrogens with zero attached hydrogens (tertiary/aromatic N) is 1. The van der Waals surface area contributed by atoms with Crippen LogP contribution in [0.15, 0.2) is 0 Å². The molecule has 0 saturated heterocycles. The van der Waals surface area contributed by atoms with Gasteiger partial charge in [-0.2, -0.15) is 0 Å². The Morgan fingerprint density at radius 1 is 1.50 bits per heavy atom. The van der Waals surface area contributed by atoms with Crippen molar-refractivity contribution < 1.29 is 8.42 Å². The maximum Gasteiger partial charge on any atom is 0.221 e. The summed E-state index contributed by atoms with van der Waals surface area (Å²) in [6.07, 6.45) is 0.397. The molecule has 0 radical (unpaired) electrons. The van der Waals surface area contributed by atoms with Crippen LogP contribution >= 0.6 is 12.2 Å². The van der Waals surface area contributed by atoms with Crippen molar-refractivity contribution in [1.82, 2.24) is 9.62 Å². The number of thiocarbonyl (C=S) groups is 1. The van der Waals surface area contributed by atoms with Gasteiger partial charge in [-0.25, -0.2) is 13.1 Å². The summed E-state index contributed by atoms with van der Waals surface area (Å²) in [5.41, 5.74) is 5.39. The minimum Gasteiger partial charge on any atom is -0.392 e. The number of hydrogen-bond donors (Lipinski definition) is 2. The standard InChI is InChI=1S/C9H21N3O2S2/c1-4-8(9(10)15)16(13,14)11-6-7-12(3)5-2/h8,11H,4-7H2,1-3H3,(H2,10,15). The minimum atomic E-state index is -3.42. The van der Waals surface area contributed by atoms with Crippen molar-refractivity contribution >= 4 is 27.2 Å². The molecule has 0 aliphatic heterocycles. The molecule has 3 N–H and O–H groups in total. The lowest BCUT2D eigenvalue weighted by Gasteiger charge is -2.17. The molecule has 0 heterocycles. The lowest BCUT2D eigenvalue weighted by molar-refractivity contribution is 0.357. The van der Waals surface area contributed by atoms with Crippen LogP contribution < -0.4 is 10.5 Å². The van der Waals surface area contributed by atoms with Crippen LogP contribution in [0.25, 0.3) is 0 Å². The third kappa shape index (κ3) is 5.20. The van der Waals surface area contributed by atoms with E-state index in [4.69, 9.17) is 18.0 Å². The Morgan fingerprint density at radius 2 is 2.06 bits per heavy atom. The first-order valence-corrected chi connectivity index (χ1v) is 7.26. The fraction of sp³-hybridized carbons (Fsp3) is 0.889. The first kappa shape index (κ1) is 15.8. The Bertz CT molecular complexity index is 317. The quantitative estimate of drug-likeness (QED) is 0.602. The highest BCUT2D eigenvalue weighted by Gasteiger charge is 2.25. The Kier molecular flexibility index (Phi) is 7.05. The normalized spacial score (nSPS) is 14.0. The summed E-state index contributed by atoms with van der Waals surface area (Å²) in [5.74, 6) is 0. The highest BCUT2D eigenvalue weighted by atomic mass is 32.2. The molecule has 1 atom stereocenters. The maximum atomic E-state index is 11.8. The summed E-state index contributed by atoms with van der Waals surface area (Å²) < 4.78 is 26.1. The highest BCUT2D eigenvalue weighted by molar-refractivity contribution is 7.93. The molecule has 7 heteroatoms. The van der Waals surface area contributed by atoms with Crippen LogP contribution in [0.3, 0.4) is 0 Å². The van der Waals surface area contributed by atoms with Crippen LogP contribution in [0.2, 0.25) is 0 Å². The van der Waals surface area contributed by atoms with Gasteiger partial charge in [0, 0.05) is 13.1 Å². The third-order valence-corrected chi connectivity index (χ3v) is 4.78. The van der Waals surface area contributed by atoms with Crippen LogP contribution in [-0.4, -0.2) is 50.2 Å². The third-order valence-electron chi connectivity index (χ3n) is 2.40. The zero-order chi connectivity index (χ0) is 12.8. The minimum absolute atomic E-state index is 0.0267. The van der Waals surface area contributed by atoms with E-state index in [1.807, 2.05) is 18.9 Å². The van der Waals surface area contributed by atoms with Gasteiger partial charge in [-0.05, 0) is 20.0 Å². The SMILES string of the molecule is CCC(C(N)=S)S(=O)(=O)NCCN(C)CC. The number of rotatable bonds is 8. The number of likely N-dealkylation sites (N-methyl/N-ethyl adjacent to an activating group) is 1. The van der Waals surface area contributed by atoms with Crippen LogP contribution in [0, 0.1) is 0 Å². The van der Waals surface area contributed by atoms with E-state index in [1.54, 1.807) is 6.92 Å². The molecule has 16 heavy (non-hydrogen) atoms. The first-order valence-electron chi connectivity index (χ1n) is 5.31. The molecule has 0 bridgehead atoms. The van der Waals surface area contributed by atoms with Gasteiger partial charge in [0.05, 0.1) is 4.99 Å². The second kappa shape index (κ2) is 7.16. The molecule has 0 fully saturated rings. The zero-order valence-corrected chi connectivity index (χ0v) is 11.7. The van der Waals surface area contributed by atoms with E-state index in [9.17, 15) is 8.42 Å². The number of nitrogens with two attached hydrogens (primary N) is 1. The summed E-state index contributed by atoms with van der Waals surface area (Å²) in [6.45, 7) is 5.70. The van der Waals surface area contributed by atoms with Crippen molar-refractivity contribution in [2.45, 2.75) is 25.5 Å². The fourth-order valence-corrected chi connectivity index (χ4v) is 3.08. The van der Waals surface area contributed by atoms with Crippen LogP contribution in [0.4, 0.5) is 0 Å². The summed E-state index contributed by atoms with van der Waals surface area (Å²) >= 11 is 4.74. The van der Waals surface area contributed by atoms with Crippen molar-refractivity contribution in [2.75, 3.05) is 26.7 Å². The molecule has 0 aliphatic carbocycles. The van der Waals surface area contributed by atoms with E-state index >= 15 is 0 Å². The average molecular weight is 267 g/mol. The molecule has 1 unspecified atom stereocenters. The van der Waals surface area contributed by atoms with Gasteiger partial charge in [0.2, 0.25) is 10.0 Å². The molecular weight excluding hydrogens is 246 g/mol. The Labute approximate surface area is 103 Å². The van der Waals surface area contributed by atoms with Crippen LogP contribution in [-0.2, 0) is 10.0 Å². The Balaban J connectivity index is 4.29. The van der Waals surface area contributed by atoms with Crippen LogP contribution in [0.1, 0.15) is 20.3 Å². The van der Waals surface area contributed by atoms with Crippen molar-refractivity contribution in [1.29, 1.82) is 0 Å². The van der Waals surface area contributed by atoms with Gasteiger partial charge >= 0.3 is 0 Å². The molecule has 0 aromatic rings. The first-order chi connectivity index (χ1) is 7.35. The van der Waals surface area contributed by atoms with Crippen molar-refractivity contribution in [2.24, 2.45) is 5.73 Å². The lowest BCUT2D eigenvalue weighted by Crippen LogP contribution is -2.43. The number of hydrogen-bond acceptors (Lipinski definition) is 4. The Hall–Kier alpha value is -0.240. The van der Waals surface area contributed by atoms with Gasteiger partial charge in [0.25, 0.3) is 0 Å². The van der Waals surface area contributed by atoms with Gasteiger partial charge in [-0.15, -0.1) is 0 Å². The number of sulfonamides is 1. The zero-order valence-electron chi connectivity index (χ0n) is 10.1. The lowest BCUT2D eigenvalue weighted by atomic mass is 10.3. The summed E-state index contributed by atoms with van der Waals surface area (Å²) in [7, 11) is -1.49. The van der Waals surface area contributed by atoms with Crippen molar-refractivity contribution in [3.63, 3.8) is 0 Å². The topological polar surface area (TPSA) is 75.4 Å². The van der Waals surface area contributed by atoms with Crippen molar-refractivity contribution in [3.8, 4) is 0 Å². The molecule has 0 amide bonds. The van der Waals surface area contributed by atoms with Gasteiger partial charge in [-0.1, -0.05) is 26.1 Å². The van der Waals surface area contributed by atoms with E-state index < -0.39 is 15.3 Å². The van der Waals surface area contributed by atoms with E-state index in [1.165, 1.54) is 0 Å². The molecule has 96 valence electrons. The molecule has 5 nitrogen and oxygen atoms in total. The molecule has 0 saturated carbocycles. The molecule has 0 aromatic heterocycles. The monoisotopic (exact) mass is 267 g/mol. The van der Waals surface area contributed by atoms with Gasteiger partial charge < -0.3 is 10.6 Å². The second-order valence-electron chi connectivity index (χ2n) is 3.63. The summed E-state index contributed by atoms with van der Waals surface area (Å²) in [4.78, 5) is 2.04. The van der Waals surface area contributed by atoms with E-state index in [0.717, 1.165) is 6.54 Å².